The summed E-state index contributed by atoms with van der Waals surface area (Å²) in [4.78, 5) is 12.4. The summed E-state index contributed by atoms with van der Waals surface area (Å²) >= 11 is 16.7. The fourth-order valence-corrected chi connectivity index (χ4v) is 10.4. The molecule has 0 radical (unpaired) electrons. The Kier molecular flexibility index (Phi) is 5.50. The average Bonchev–Trinajstić information content (AvgIpc) is 3.23. The number of quaternary nitrogens is 1. The van der Waals surface area contributed by atoms with Crippen molar-refractivity contribution >= 4 is 85.3 Å². The van der Waals surface area contributed by atoms with Crippen molar-refractivity contribution in [3.05, 3.63) is 44.8 Å². The van der Waals surface area contributed by atoms with Crippen LogP contribution in [0.2, 0.25) is 5.02 Å². The molecule has 1 saturated heterocycles. The molecule has 0 amide bonds. The molecule has 1 fully saturated rings. The van der Waals surface area contributed by atoms with Crippen molar-refractivity contribution in [1.82, 2.24) is 4.48 Å². The summed E-state index contributed by atoms with van der Waals surface area (Å²) in [6, 6.07) is 5.34. The predicted molar refractivity (Wildman–Crippen MR) is 126 cm³/mol. The summed E-state index contributed by atoms with van der Waals surface area (Å²) in [7, 11) is -4.31. The van der Waals surface area contributed by atoms with E-state index in [0.29, 0.717) is 22.4 Å². The van der Waals surface area contributed by atoms with Crippen LogP contribution >= 0.6 is 58.5 Å². The van der Waals surface area contributed by atoms with E-state index in [1.54, 1.807) is 16.7 Å². The van der Waals surface area contributed by atoms with Gasteiger partial charge >= 0.3 is 16.1 Å². The van der Waals surface area contributed by atoms with Gasteiger partial charge < -0.3 is 5.11 Å². The molecule has 31 heavy (non-hydrogen) atoms. The van der Waals surface area contributed by atoms with Gasteiger partial charge in [0.25, 0.3) is 0 Å². The molecule has 164 valence electrons. The molecule has 2 N–H and O–H groups in total. The Morgan fingerprint density at radius 3 is 2.74 bits per heavy atom. The van der Waals surface area contributed by atoms with E-state index < -0.39 is 21.5 Å². The molecule has 4 heterocycles. The summed E-state index contributed by atoms with van der Waals surface area (Å²) in [5.74, 6) is -0.960. The lowest BCUT2D eigenvalue weighted by molar-refractivity contribution is -0.523. The summed E-state index contributed by atoms with van der Waals surface area (Å²) in [6.07, 6.45) is 4.10. The van der Waals surface area contributed by atoms with Crippen LogP contribution in [0, 0.1) is 0 Å². The Morgan fingerprint density at radius 1 is 1.32 bits per heavy atom. The number of fused-ring (bicyclic) bond motifs is 3. The molecule has 13 heteroatoms. The first-order valence-electron chi connectivity index (χ1n) is 9.20. The molecular weight excluding hydrogens is 523 g/mol. The lowest BCUT2D eigenvalue weighted by Crippen LogP contribution is -2.66. The maximum atomic E-state index is 12.2. The maximum Gasteiger partial charge on any atom is 0.369 e. The van der Waals surface area contributed by atoms with E-state index in [2.05, 4.69) is 0 Å². The molecule has 0 saturated carbocycles. The molecule has 5 rings (SSSR count). The lowest BCUT2D eigenvalue weighted by Gasteiger charge is -2.47. The number of benzene rings is 1. The van der Waals surface area contributed by atoms with Crippen molar-refractivity contribution in [2.24, 2.45) is 0 Å². The van der Waals surface area contributed by atoms with E-state index in [4.69, 9.17) is 23.2 Å². The summed E-state index contributed by atoms with van der Waals surface area (Å²) < 4.78 is 36.7. The lowest BCUT2D eigenvalue weighted by atomic mass is 10.1. The van der Waals surface area contributed by atoms with Gasteiger partial charge in [0.1, 0.15) is 5.25 Å². The zero-order chi connectivity index (χ0) is 22.1. The Bertz CT molecular complexity index is 1220. The van der Waals surface area contributed by atoms with Gasteiger partial charge in [0.15, 0.2) is 10.7 Å². The van der Waals surface area contributed by atoms with Crippen LogP contribution in [-0.4, -0.2) is 62.8 Å². The topological polar surface area (TPSA) is 94.7 Å². The van der Waals surface area contributed by atoms with Crippen molar-refractivity contribution in [2.45, 2.75) is 27.3 Å². The van der Waals surface area contributed by atoms with Crippen LogP contribution in [0.3, 0.4) is 0 Å². The van der Waals surface area contributed by atoms with Crippen LogP contribution < -0.4 is 4.48 Å². The van der Waals surface area contributed by atoms with Crippen molar-refractivity contribution in [1.29, 1.82) is 0 Å². The van der Waals surface area contributed by atoms with Gasteiger partial charge in [-0.1, -0.05) is 23.2 Å². The van der Waals surface area contributed by atoms with Gasteiger partial charge in [-0.3, -0.25) is 4.55 Å². The van der Waals surface area contributed by atoms with Crippen LogP contribution in [0.25, 0.3) is 0 Å². The number of hydrogen-bond acceptors (Lipinski definition) is 6. The highest BCUT2D eigenvalue weighted by atomic mass is 35.5. The number of nitrogens with zero attached hydrogens (tertiary/aromatic N) is 2. The number of rotatable bonds is 4. The van der Waals surface area contributed by atoms with Crippen LogP contribution in [0.15, 0.2) is 44.6 Å². The molecular formula is C18H16Cl2N2O5S4+2. The highest BCUT2D eigenvalue weighted by Gasteiger charge is 2.62. The minimum absolute atomic E-state index is 0.00846. The fourth-order valence-electron chi connectivity index (χ4n) is 4.38. The van der Waals surface area contributed by atoms with Gasteiger partial charge in [0.05, 0.1) is 28.3 Å². The SMILES string of the molecule is O=C(O)C[N+]1=C(C=C2Sc3ccc(Cl)cc3[N+]23CCC3S(=O)(=O)O)SC2C=C(Cl)SC21. The average molecular weight is 540 g/mol. The van der Waals surface area contributed by atoms with Crippen LogP contribution in [0.5, 0.6) is 0 Å². The maximum absolute atomic E-state index is 12.2. The van der Waals surface area contributed by atoms with E-state index in [1.807, 2.05) is 18.2 Å². The second kappa shape index (κ2) is 7.69. The van der Waals surface area contributed by atoms with E-state index in [-0.39, 0.29) is 21.7 Å². The van der Waals surface area contributed by atoms with Crippen molar-refractivity contribution in [2.75, 3.05) is 13.1 Å². The predicted octanol–water partition coefficient (Wildman–Crippen LogP) is 3.98. The molecule has 0 bridgehead atoms. The number of carboxylic acids is 1. The highest BCUT2D eigenvalue weighted by molar-refractivity contribution is 8.17. The first-order valence-corrected chi connectivity index (χ1v) is 14.0. The minimum Gasteiger partial charge on any atom is -0.477 e. The van der Waals surface area contributed by atoms with Crippen LogP contribution in [0.4, 0.5) is 5.69 Å². The summed E-state index contributed by atoms with van der Waals surface area (Å²) in [5.41, 5.74) is 0.739. The van der Waals surface area contributed by atoms with Gasteiger partial charge in [-0.15, -0.1) is 0 Å². The molecule has 4 aliphatic rings. The monoisotopic (exact) mass is 538 g/mol. The molecule has 4 aliphatic heterocycles. The quantitative estimate of drug-likeness (QED) is 0.337. The molecule has 0 aliphatic carbocycles. The van der Waals surface area contributed by atoms with Crippen LogP contribution in [-0.2, 0) is 14.9 Å². The van der Waals surface area contributed by atoms with Gasteiger partial charge in [-0.05, 0) is 53.5 Å². The standard InChI is InChI=1S/C18H14Cl2N2O5S4/c19-9-1-2-11-10(5-9)22(4-3-16(22)31(25,26)27)15(29-11)7-14-21(8-17(23)24)18-12(28-14)6-13(20)30-18/h1-2,5-7,12,16,18H,3-4,8H2/p+2. The molecule has 1 aromatic rings. The highest BCUT2D eigenvalue weighted by Crippen LogP contribution is 2.58. The zero-order valence-corrected chi connectivity index (χ0v) is 20.4. The summed E-state index contributed by atoms with van der Waals surface area (Å²) in [6.45, 7) is 0.310. The third-order valence-corrected chi connectivity index (χ3v) is 11.4. The second-order valence-corrected chi connectivity index (χ2v) is 13.5. The number of halogens is 2. The number of carboxylic acid groups (broad SMARTS) is 1. The van der Waals surface area contributed by atoms with E-state index in [1.165, 1.54) is 35.3 Å². The Hall–Kier alpha value is -0.660. The fraction of sp³-hybridized carbons (Fsp3) is 0.333. The van der Waals surface area contributed by atoms with Crippen molar-refractivity contribution in [3.63, 3.8) is 0 Å². The first kappa shape index (κ1) is 22.1. The third-order valence-electron chi connectivity index (χ3n) is 5.73. The number of aliphatic carboxylic acids is 1. The molecule has 1 spiro atoms. The Morgan fingerprint density at radius 2 is 2.10 bits per heavy atom. The number of carbonyl (C=O) groups is 1. The van der Waals surface area contributed by atoms with E-state index >= 15 is 0 Å². The van der Waals surface area contributed by atoms with Gasteiger partial charge in [-0.2, -0.15) is 13.0 Å². The third kappa shape index (κ3) is 3.57. The normalized spacial score (nSPS) is 32.9. The first-order chi connectivity index (χ1) is 14.6. The Balaban J connectivity index is 1.64. The van der Waals surface area contributed by atoms with Crippen LogP contribution in [0.1, 0.15) is 6.42 Å². The van der Waals surface area contributed by atoms with Crippen molar-refractivity contribution in [3.8, 4) is 0 Å². The van der Waals surface area contributed by atoms with E-state index in [9.17, 15) is 22.9 Å². The largest absolute Gasteiger partial charge is 0.477 e. The molecule has 7 nitrogen and oxygen atoms in total. The molecule has 0 aromatic heterocycles. The zero-order valence-electron chi connectivity index (χ0n) is 15.6. The van der Waals surface area contributed by atoms with Gasteiger partial charge in [0.2, 0.25) is 22.3 Å². The molecule has 1 aromatic carbocycles. The summed E-state index contributed by atoms with van der Waals surface area (Å²) in [5, 5.41) is 10.2. The van der Waals surface area contributed by atoms with Gasteiger partial charge in [-0.25, -0.2) is 9.28 Å². The molecule has 4 atom stereocenters. The molecule has 4 unspecified atom stereocenters. The van der Waals surface area contributed by atoms with Crippen molar-refractivity contribution < 1.29 is 27.4 Å². The van der Waals surface area contributed by atoms with E-state index in [0.717, 1.165) is 20.7 Å². The minimum atomic E-state index is -4.31. The second-order valence-electron chi connectivity index (χ2n) is 7.47. The smallest absolute Gasteiger partial charge is 0.369 e. The van der Waals surface area contributed by atoms with Gasteiger partial charge in [0, 0.05) is 11.1 Å². The number of thioether (sulfide) groups is 3. The number of hydrogen-bond donors (Lipinski definition) is 2. The Labute approximate surface area is 201 Å².